The van der Waals surface area contributed by atoms with Gasteiger partial charge >= 0.3 is 0 Å². The first-order chi connectivity index (χ1) is 13.0. The average molecular weight is 393 g/mol. The minimum atomic E-state index is -0.278. The fourth-order valence-electron chi connectivity index (χ4n) is 3.56. The first-order valence-electron chi connectivity index (χ1n) is 10.1. The average Bonchev–Trinajstić information content (AvgIpc) is 2.69. The summed E-state index contributed by atoms with van der Waals surface area (Å²) in [6.07, 6.45) is 3.03. The van der Waals surface area contributed by atoms with Crippen molar-refractivity contribution in [2.45, 2.75) is 31.6 Å². The number of amides is 1. The van der Waals surface area contributed by atoms with Crippen LogP contribution in [0.3, 0.4) is 0 Å². The third-order valence-corrected chi connectivity index (χ3v) is 6.58. The molecule has 1 heterocycles. The summed E-state index contributed by atoms with van der Waals surface area (Å²) in [7, 11) is 2.19. The zero-order valence-corrected chi connectivity index (χ0v) is 18.2. The highest BCUT2D eigenvalue weighted by atomic mass is 32.2. The SMILES string of the molecule is CCN(CC)C(=O)C(SC)C(N)c1ccc(CCN2CCN(C)CC2)cc1. The van der Waals surface area contributed by atoms with Crippen LogP contribution in [0.1, 0.15) is 31.0 Å². The minimum absolute atomic E-state index is 0.138. The van der Waals surface area contributed by atoms with E-state index in [0.717, 1.165) is 57.8 Å². The molecule has 27 heavy (non-hydrogen) atoms. The molecule has 0 aliphatic carbocycles. The van der Waals surface area contributed by atoms with Gasteiger partial charge in [-0.2, -0.15) is 11.8 Å². The molecule has 0 radical (unpaired) electrons. The molecule has 0 spiro atoms. The van der Waals surface area contributed by atoms with Gasteiger partial charge in [0.15, 0.2) is 0 Å². The van der Waals surface area contributed by atoms with E-state index in [0.29, 0.717) is 0 Å². The lowest BCUT2D eigenvalue weighted by Gasteiger charge is -2.32. The van der Waals surface area contributed by atoms with E-state index in [4.69, 9.17) is 5.73 Å². The van der Waals surface area contributed by atoms with Crippen molar-refractivity contribution in [3.63, 3.8) is 0 Å². The van der Waals surface area contributed by atoms with Crippen LogP contribution in [0.4, 0.5) is 0 Å². The Morgan fingerprint density at radius 1 is 1.15 bits per heavy atom. The Morgan fingerprint density at radius 2 is 1.74 bits per heavy atom. The van der Waals surface area contributed by atoms with Crippen molar-refractivity contribution < 1.29 is 4.79 Å². The predicted molar refractivity (Wildman–Crippen MR) is 116 cm³/mol. The van der Waals surface area contributed by atoms with Crippen molar-refractivity contribution in [3.05, 3.63) is 35.4 Å². The lowest BCUT2D eigenvalue weighted by molar-refractivity contribution is -0.130. The van der Waals surface area contributed by atoms with Gasteiger partial charge in [-0.05, 0) is 44.7 Å². The molecule has 1 aliphatic heterocycles. The van der Waals surface area contributed by atoms with Gasteiger partial charge in [-0.25, -0.2) is 0 Å². The molecule has 0 saturated carbocycles. The third kappa shape index (κ3) is 6.21. The lowest BCUT2D eigenvalue weighted by atomic mass is 10.0. The monoisotopic (exact) mass is 392 g/mol. The number of thioether (sulfide) groups is 1. The maximum absolute atomic E-state index is 12.7. The number of piperazine rings is 1. The maximum atomic E-state index is 12.7. The fourth-order valence-corrected chi connectivity index (χ4v) is 4.36. The summed E-state index contributed by atoms with van der Waals surface area (Å²) in [5, 5.41) is -0.235. The number of hydrogen-bond donors (Lipinski definition) is 1. The van der Waals surface area contributed by atoms with Crippen LogP contribution < -0.4 is 5.73 Å². The molecule has 0 bridgehead atoms. The Labute approximate surface area is 169 Å². The van der Waals surface area contributed by atoms with Gasteiger partial charge in [0, 0.05) is 45.8 Å². The van der Waals surface area contributed by atoms with Crippen LogP contribution >= 0.6 is 11.8 Å². The predicted octanol–water partition coefficient (Wildman–Crippen LogP) is 2.08. The van der Waals surface area contributed by atoms with Gasteiger partial charge in [-0.1, -0.05) is 24.3 Å². The van der Waals surface area contributed by atoms with Gasteiger partial charge < -0.3 is 20.4 Å². The first kappa shape index (κ1) is 22.2. The molecule has 1 aromatic rings. The zero-order chi connectivity index (χ0) is 19.8. The van der Waals surface area contributed by atoms with Crippen molar-refractivity contribution in [3.8, 4) is 0 Å². The Hall–Kier alpha value is -1.08. The molecule has 2 rings (SSSR count). The molecule has 1 aromatic carbocycles. The van der Waals surface area contributed by atoms with Crippen LogP contribution in [0.5, 0.6) is 0 Å². The van der Waals surface area contributed by atoms with Crippen LogP contribution in [0.25, 0.3) is 0 Å². The highest BCUT2D eigenvalue weighted by Crippen LogP contribution is 2.25. The van der Waals surface area contributed by atoms with Gasteiger partial charge in [-0.3, -0.25) is 4.79 Å². The van der Waals surface area contributed by atoms with E-state index in [1.807, 2.05) is 25.0 Å². The number of benzene rings is 1. The van der Waals surface area contributed by atoms with Crippen LogP contribution in [0.2, 0.25) is 0 Å². The van der Waals surface area contributed by atoms with E-state index in [-0.39, 0.29) is 17.2 Å². The first-order valence-corrected chi connectivity index (χ1v) is 11.4. The largest absolute Gasteiger partial charge is 0.342 e. The quantitative estimate of drug-likeness (QED) is 0.697. The lowest BCUT2D eigenvalue weighted by Crippen LogP contribution is -2.45. The normalized spacial score (nSPS) is 18.3. The van der Waals surface area contributed by atoms with Gasteiger partial charge in [0.05, 0.1) is 6.04 Å². The number of rotatable bonds is 9. The molecule has 1 amide bonds. The second-order valence-corrected chi connectivity index (χ2v) is 8.31. The van der Waals surface area contributed by atoms with Gasteiger partial charge in [0.1, 0.15) is 5.25 Å². The second-order valence-electron chi connectivity index (χ2n) is 7.33. The molecule has 6 heteroatoms. The number of hydrogen-bond acceptors (Lipinski definition) is 5. The third-order valence-electron chi connectivity index (χ3n) is 5.58. The van der Waals surface area contributed by atoms with E-state index in [1.54, 1.807) is 11.8 Å². The van der Waals surface area contributed by atoms with Crippen molar-refractivity contribution in [1.29, 1.82) is 0 Å². The van der Waals surface area contributed by atoms with E-state index >= 15 is 0 Å². The molecular weight excluding hydrogens is 356 g/mol. The van der Waals surface area contributed by atoms with Gasteiger partial charge in [0.2, 0.25) is 5.91 Å². The smallest absolute Gasteiger partial charge is 0.237 e. The molecular formula is C21H36N4OS. The summed E-state index contributed by atoms with van der Waals surface area (Å²) in [6, 6.07) is 8.26. The molecule has 1 aliphatic rings. The van der Waals surface area contributed by atoms with Gasteiger partial charge in [0.25, 0.3) is 0 Å². The Balaban J connectivity index is 1.93. The molecule has 0 aromatic heterocycles. The van der Waals surface area contributed by atoms with Crippen molar-refractivity contribution in [2.75, 3.05) is 59.1 Å². The summed E-state index contributed by atoms with van der Waals surface area (Å²) in [4.78, 5) is 19.5. The van der Waals surface area contributed by atoms with Crippen molar-refractivity contribution in [1.82, 2.24) is 14.7 Å². The Morgan fingerprint density at radius 3 is 2.26 bits per heavy atom. The highest BCUT2D eigenvalue weighted by Gasteiger charge is 2.28. The summed E-state index contributed by atoms with van der Waals surface area (Å²) >= 11 is 1.55. The Kier molecular flexibility index (Phi) is 9.09. The van der Waals surface area contributed by atoms with Crippen LogP contribution in [-0.4, -0.2) is 85.0 Å². The molecule has 2 unspecified atom stereocenters. The molecule has 2 N–H and O–H groups in total. The summed E-state index contributed by atoms with van der Waals surface area (Å²) in [5.41, 5.74) is 8.84. The van der Waals surface area contributed by atoms with Crippen molar-refractivity contribution in [2.24, 2.45) is 5.73 Å². The standard InChI is InChI=1S/C21H36N4OS/c1-5-25(6-2)21(26)20(27-4)19(22)18-9-7-17(8-10-18)11-12-24-15-13-23(3)14-16-24/h7-10,19-20H,5-6,11-16,22H2,1-4H3. The van der Waals surface area contributed by atoms with Crippen LogP contribution in [0.15, 0.2) is 24.3 Å². The van der Waals surface area contributed by atoms with Gasteiger partial charge in [-0.15, -0.1) is 0 Å². The summed E-state index contributed by atoms with van der Waals surface area (Å²) in [6.45, 7) is 11.2. The Bertz CT molecular complexity index is 568. The second kappa shape index (κ2) is 11.1. The molecule has 1 saturated heterocycles. The zero-order valence-electron chi connectivity index (χ0n) is 17.4. The van der Waals surface area contributed by atoms with E-state index in [9.17, 15) is 4.79 Å². The molecule has 1 fully saturated rings. The van der Waals surface area contributed by atoms with E-state index in [2.05, 4.69) is 41.1 Å². The minimum Gasteiger partial charge on any atom is -0.342 e. The number of carbonyl (C=O) groups is 1. The van der Waals surface area contributed by atoms with E-state index < -0.39 is 0 Å². The summed E-state index contributed by atoms with van der Waals surface area (Å²) < 4.78 is 0. The number of likely N-dealkylation sites (N-methyl/N-ethyl adjacent to an activating group) is 1. The number of nitrogens with zero attached hydrogens (tertiary/aromatic N) is 3. The fraction of sp³-hybridized carbons (Fsp3) is 0.667. The van der Waals surface area contributed by atoms with Crippen molar-refractivity contribution >= 4 is 17.7 Å². The summed E-state index contributed by atoms with van der Waals surface area (Å²) in [5.74, 6) is 0.138. The number of carbonyl (C=O) groups excluding carboxylic acids is 1. The molecule has 5 nitrogen and oxygen atoms in total. The van der Waals surface area contributed by atoms with E-state index in [1.165, 1.54) is 5.56 Å². The number of nitrogens with two attached hydrogens (primary N) is 1. The van der Waals surface area contributed by atoms with Crippen LogP contribution in [0, 0.1) is 0 Å². The molecule has 2 atom stereocenters. The molecule has 152 valence electrons. The topological polar surface area (TPSA) is 52.8 Å². The maximum Gasteiger partial charge on any atom is 0.237 e. The van der Waals surface area contributed by atoms with Crippen LogP contribution in [-0.2, 0) is 11.2 Å². The highest BCUT2D eigenvalue weighted by molar-refractivity contribution is 8.00.